The third-order valence-electron chi connectivity index (χ3n) is 2.38. The highest BCUT2D eigenvalue weighted by atomic mass is 16.7. The van der Waals surface area contributed by atoms with Crippen molar-refractivity contribution >= 4 is 0 Å². The molecular formula is C11H17NO3. The van der Waals surface area contributed by atoms with Crippen LogP contribution in [0, 0.1) is 6.92 Å². The zero-order chi connectivity index (χ0) is 11.5. The summed E-state index contributed by atoms with van der Waals surface area (Å²) >= 11 is 0. The van der Waals surface area contributed by atoms with Crippen molar-refractivity contribution < 1.29 is 14.6 Å². The number of aryl methyl sites for hydroxylation is 1. The van der Waals surface area contributed by atoms with Crippen LogP contribution in [0.3, 0.4) is 0 Å². The molecule has 4 heteroatoms. The average molecular weight is 211 g/mol. The Morgan fingerprint density at radius 1 is 1.33 bits per heavy atom. The van der Waals surface area contributed by atoms with E-state index in [0.29, 0.717) is 5.56 Å². The van der Waals surface area contributed by atoms with E-state index in [2.05, 4.69) is 4.98 Å². The van der Waals surface area contributed by atoms with E-state index in [1.807, 2.05) is 19.1 Å². The summed E-state index contributed by atoms with van der Waals surface area (Å²) in [6.07, 6.45) is 0.919. The molecule has 1 atom stereocenters. The van der Waals surface area contributed by atoms with Crippen LogP contribution in [0.4, 0.5) is 0 Å². The van der Waals surface area contributed by atoms with E-state index < -0.39 is 11.9 Å². The van der Waals surface area contributed by atoms with Gasteiger partial charge in [-0.05, 0) is 19.9 Å². The van der Waals surface area contributed by atoms with Crippen LogP contribution in [0.15, 0.2) is 18.3 Å². The predicted octanol–water partition coefficient (Wildman–Crippen LogP) is 1.22. The Bertz CT molecular complexity index is 304. The van der Waals surface area contributed by atoms with E-state index >= 15 is 0 Å². The number of rotatable bonds is 4. The van der Waals surface area contributed by atoms with Crippen molar-refractivity contribution in [2.45, 2.75) is 25.7 Å². The van der Waals surface area contributed by atoms with E-state index in [-0.39, 0.29) is 0 Å². The molecule has 0 fully saturated rings. The SMILES string of the molecule is COC(OC)C(C)(O)c1ccc(C)nc1. The maximum atomic E-state index is 10.2. The monoisotopic (exact) mass is 211 g/mol. The first-order chi connectivity index (χ1) is 7.02. The van der Waals surface area contributed by atoms with E-state index in [9.17, 15) is 5.11 Å². The highest BCUT2D eigenvalue weighted by Gasteiger charge is 2.34. The van der Waals surface area contributed by atoms with Gasteiger partial charge in [-0.3, -0.25) is 4.98 Å². The van der Waals surface area contributed by atoms with E-state index in [1.54, 1.807) is 13.1 Å². The molecule has 0 aromatic carbocycles. The second-order valence-electron chi connectivity index (χ2n) is 3.64. The molecule has 0 radical (unpaired) electrons. The van der Waals surface area contributed by atoms with Gasteiger partial charge in [0, 0.05) is 31.7 Å². The lowest BCUT2D eigenvalue weighted by Crippen LogP contribution is -2.39. The Kier molecular flexibility index (Phi) is 3.79. The number of pyridine rings is 1. The molecular weight excluding hydrogens is 194 g/mol. The summed E-state index contributed by atoms with van der Waals surface area (Å²) in [5.74, 6) is 0. The van der Waals surface area contributed by atoms with Crippen molar-refractivity contribution in [3.63, 3.8) is 0 Å². The molecule has 1 aromatic rings. The van der Waals surface area contributed by atoms with Crippen LogP contribution in [-0.2, 0) is 15.1 Å². The molecule has 0 aliphatic carbocycles. The Morgan fingerprint density at radius 2 is 1.93 bits per heavy atom. The lowest BCUT2D eigenvalue weighted by molar-refractivity contribution is -0.213. The van der Waals surface area contributed by atoms with Gasteiger partial charge in [-0.2, -0.15) is 0 Å². The molecule has 1 aromatic heterocycles. The highest BCUT2D eigenvalue weighted by Crippen LogP contribution is 2.26. The molecule has 0 bridgehead atoms. The third-order valence-corrected chi connectivity index (χ3v) is 2.38. The number of aliphatic hydroxyl groups is 1. The third kappa shape index (κ3) is 2.53. The summed E-state index contributed by atoms with van der Waals surface area (Å²) in [5.41, 5.74) is 0.368. The maximum Gasteiger partial charge on any atom is 0.189 e. The molecule has 15 heavy (non-hydrogen) atoms. The first-order valence-corrected chi connectivity index (χ1v) is 4.73. The molecule has 1 unspecified atom stereocenters. The van der Waals surface area contributed by atoms with Gasteiger partial charge in [0.1, 0.15) is 5.60 Å². The Morgan fingerprint density at radius 3 is 2.33 bits per heavy atom. The van der Waals surface area contributed by atoms with Gasteiger partial charge in [-0.15, -0.1) is 0 Å². The zero-order valence-corrected chi connectivity index (χ0v) is 9.52. The van der Waals surface area contributed by atoms with Gasteiger partial charge >= 0.3 is 0 Å². The van der Waals surface area contributed by atoms with Crippen LogP contribution in [0.25, 0.3) is 0 Å². The van der Waals surface area contributed by atoms with Crippen molar-refractivity contribution in [3.05, 3.63) is 29.6 Å². The van der Waals surface area contributed by atoms with Gasteiger partial charge in [-0.1, -0.05) is 6.07 Å². The van der Waals surface area contributed by atoms with Crippen LogP contribution < -0.4 is 0 Å². The minimum absolute atomic E-state index is 0.668. The molecule has 0 spiro atoms. The maximum absolute atomic E-state index is 10.2. The van der Waals surface area contributed by atoms with Crippen LogP contribution >= 0.6 is 0 Å². The summed E-state index contributed by atoms with van der Waals surface area (Å²) in [4.78, 5) is 4.13. The van der Waals surface area contributed by atoms with Crippen molar-refractivity contribution in [2.75, 3.05) is 14.2 Å². The van der Waals surface area contributed by atoms with Crippen molar-refractivity contribution in [3.8, 4) is 0 Å². The summed E-state index contributed by atoms with van der Waals surface area (Å²) in [7, 11) is 2.98. The summed E-state index contributed by atoms with van der Waals surface area (Å²) < 4.78 is 10.1. The molecule has 0 saturated carbocycles. The molecule has 0 amide bonds. The molecule has 0 saturated heterocycles. The first kappa shape index (κ1) is 12.1. The highest BCUT2D eigenvalue weighted by molar-refractivity contribution is 5.20. The number of nitrogens with zero attached hydrogens (tertiary/aromatic N) is 1. The zero-order valence-electron chi connectivity index (χ0n) is 9.52. The van der Waals surface area contributed by atoms with Gasteiger partial charge in [0.15, 0.2) is 6.29 Å². The number of aromatic nitrogens is 1. The average Bonchev–Trinajstić information content (AvgIpc) is 2.19. The number of hydrogen-bond donors (Lipinski definition) is 1. The minimum Gasteiger partial charge on any atom is -0.380 e. The van der Waals surface area contributed by atoms with Crippen LogP contribution in [0.2, 0.25) is 0 Å². The molecule has 0 aliphatic heterocycles. The van der Waals surface area contributed by atoms with Crippen molar-refractivity contribution in [1.29, 1.82) is 0 Å². The van der Waals surface area contributed by atoms with Gasteiger partial charge in [-0.25, -0.2) is 0 Å². The van der Waals surface area contributed by atoms with Crippen LogP contribution in [0.5, 0.6) is 0 Å². The summed E-state index contributed by atoms with van der Waals surface area (Å²) in [5, 5.41) is 10.2. The van der Waals surface area contributed by atoms with Crippen molar-refractivity contribution in [1.82, 2.24) is 4.98 Å². The van der Waals surface area contributed by atoms with Crippen LogP contribution in [0.1, 0.15) is 18.2 Å². The van der Waals surface area contributed by atoms with Crippen molar-refractivity contribution in [2.24, 2.45) is 0 Å². The molecule has 0 aliphatic rings. The van der Waals surface area contributed by atoms with Crippen LogP contribution in [-0.4, -0.2) is 30.6 Å². The quantitative estimate of drug-likeness (QED) is 0.761. The van der Waals surface area contributed by atoms with Gasteiger partial charge in [0.25, 0.3) is 0 Å². The van der Waals surface area contributed by atoms with Gasteiger partial charge in [0.05, 0.1) is 0 Å². The number of ether oxygens (including phenoxy) is 2. The van der Waals surface area contributed by atoms with E-state index in [4.69, 9.17) is 9.47 Å². The smallest absolute Gasteiger partial charge is 0.189 e. The Balaban J connectivity index is 2.98. The lowest BCUT2D eigenvalue weighted by atomic mass is 9.97. The Hall–Kier alpha value is -0.970. The fourth-order valence-corrected chi connectivity index (χ4v) is 1.46. The van der Waals surface area contributed by atoms with Gasteiger partial charge in [0.2, 0.25) is 0 Å². The summed E-state index contributed by atoms with van der Waals surface area (Å²) in [6.45, 7) is 3.53. The second kappa shape index (κ2) is 4.70. The van der Waals surface area contributed by atoms with Gasteiger partial charge < -0.3 is 14.6 Å². The minimum atomic E-state index is -1.20. The number of methoxy groups -OCH3 is 2. The fourth-order valence-electron chi connectivity index (χ4n) is 1.46. The molecule has 1 heterocycles. The standard InChI is InChI=1S/C11H17NO3/c1-8-5-6-9(7-12-8)11(2,13)10(14-3)15-4/h5-7,10,13H,1-4H3. The van der Waals surface area contributed by atoms with E-state index in [1.165, 1.54) is 14.2 Å². The molecule has 84 valence electrons. The summed E-state index contributed by atoms with van der Waals surface area (Å²) in [6, 6.07) is 3.65. The predicted molar refractivity (Wildman–Crippen MR) is 56.4 cm³/mol. The van der Waals surface area contributed by atoms with E-state index in [0.717, 1.165) is 5.69 Å². The lowest BCUT2D eigenvalue weighted by Gasteiger charge is -2.30. The molecule has 4 nitrogen and oxygen atoms in total. The first-order valence-electron chi connectivity index (χ1n) is 4.73. The second-order valence-corrected chi connectivity index (χ2v) is 3.64. The molecule has 1 rings (SSSR count). The molecule has 1 N–H and O–H groups in total. The topological polar surface area (TPSA) is 51.6 Å². The Labute approximate surface area is 89.9 Å². The largest absolute Gasteiger partial charge is 0.380 e. The fraction of sp³-hybridized carbons (Fsp3) is 0.545. The normalized spacial score (nSPS) is 15.3. The number of hydrogen-bond acceptors (Lipinski definition) is 4.